The Balaban J connectivity index is 2.98. The number of hydrogen-bond donors (Lipinski definition) is 2. The molecule has 0 saturated heterocycles. The minimum absolute atomic E-state index is 0.0411. The largest absolute Gasteiger partial charge is 0.508 e. The molecule has 76 valence electrons. The lowest BCUT2D eigenvalue weighted by Crippen LogP contribution is -2.23. The smallest absolute Gasteiger partial charge is 0.240 e. The van der Waals surface area contributed by atoms with E-state index < -0.39 is 10.0 Å². The molecule has 4 nitrogen and oxygen atoms in total. The molecule has 2 N–H and O–H groups in total. The Hall–Kier alpha value is -1.33. The third kappa shape index (κ3) is 2.58. The van der Waals surface area contributed by atoms with Crippen LogP contribution in [-0.4, -0.2) is 20.1 Å². The summed E-state index contributed by atoms with van der Waals surface area (Å²) in [5, 5.41) is 9.09. The van der Waals surface area contributed by atoms with Gasteiger partial charge in [-0.05, 0) is 18.2 Å². The normalized spacial score (nSPS) is 11.1. The molecule has 0 aliphatic carbocycles. The highest BCUT2D eigenvalue weighted by Gasteiger charge is 2.12. The fourth-order valence-corrected chi connectivity index (χ4v) is 1.94. The van der Waals surface area contributed by atoms with E-state index in [0.29, 0.717) is 0 Å². The molecule has 0 amide bonds. The Labute approximate surface area is 82.9 Å². The highest BCUT2D eigenvalue weighted by molar-refractivity contribution is 7.89. The van der Waals surface area contributed by atoms with Gasteiger partial charge in [0.1, 0.15) is 5.75 Å². The van der Waals surface area contributed by atoms with E-state index >= 15 is 0 Å². The molecule has 0 aromatic heterocycles. The van der Waals surface area contributed by atoms with Crippen LogP contribution in [0, 0.1) is 0 Å². The van der Waals surface area contributed by atoms with E-state index in [4.69, 9.17) is 5.11 Å². The monoisotopic (exact) mass is 213 g/mol. The minimum atomic E-state index is -3.53. The molecule has 0 radical (unpaired) electrons. The lowest BCUT2D eigenvalue weighted by molar-refractivity contribution is 0.473. The first-order valence-electron chi connectivity index (χ1n) is 3.96. The van der Waals surface area contributed by atoms with Crippen LogP contribution in [0.1, 0.15) is 0 Å². The van der Waals surface area contributed by atoms with Gasteiger partial charge in [-0.3, -0.25) is 0 Å². The highest BCUT2D eigenvalue weighted by atomic mass is 32.2. The van der Waals surface area contributed by atoms with Crippen LogP contribution in [0.15, 0.2) is 41.8 Å². The molecule has 0 heterocycles. The zero-order valence-electron chi connectivity index (χ0n) is 7.47. The van der Waals surface area contributed by atoms with Crippen molar-refractivity contribution in [1.29, 1.82) is 0 Å². The van der Waals surface area contributed by atoms with Gasteiger partial charge >= 0.3 is 0 Å². The Morgan fingerprint density at radius 2 is 2.21 bits per heavy atom. The Morgan fingerprint density at radius 3 is 2.79 bits per heavy atom. The Kier molecular flexibility index (Phi) is 3.27. The second-order valence-electron chi connectivity index (χ2n) is 2.64. The zero-order chi connectivity index (χ0) is 10.6. The number of nitrogens with one attached hydrogen (secondary N) is 1. The van der Waals surface area contributed by atoms with Crippen LogP contribution in [0.3, 0.4) is 0 Å². The maximum absolute atomic E-state index is 11.5. The predicted molar refractivity (Wildman–Crippen MR) is 53.5 cm³/mol. The fourth-order valence-electron chi connectivity index (χ4n) is 0.903. The first kappa shape index (κ1) is 10.7. The minimum Gasteiger partial charge on any atom is -0.508 e. The van der Waals surface area contributed by atoms with Gasteiger partial charge in [0.05, 0.1) is 4.90 Å². The lowest BCUT2D eigenvalue weighted by atomic mass is 10.3. The molecule has 0 atom stereocenters. The highest BCUT2D eigenvalue weighted by Crippen LogP contribution is 2.15. The summed E-state index contributed by atoms with van der Waals surface area (Å²) in [6, 6.07) is 5.47. The molecule has 0 saturated carbocycles. The van der Waals surface area contributed by atoms with Crippen molar-refractivity contribution in [3.8, 4) is 5.75 Å². The maximum Gasteiger partial charge on any atom is 0.240 e. The van der Waals surface area contributed by atoms with Crippen LogP contribution in [0.25, 0.3) is 0 Å². The summed E-state index contributed by atoms with van der Waals surface area (Å²) in [5.41, 5.74) is 0. The topological polar surface area (TPSA) is 66.4 Å². The number of sulfonamides is 1. The third-order valence-corrected chi connectivity index (χ3v) is 2.97. The molecule has 1 aromatic rings. The molecule has 0 spiro atoms. The van der Waals surface area contributed by atoms with Gasteiger partial charge < -0.3 is 5.11 Å². The molecule has 0 aliphatic rings. The molecule has 14 heavy (non-hydrogen) atoms. The SMILES string of the molecule is C=CCNS(=O)(=O)c1cccc(O)c1. The Morgan fingerprint density at radius 1 is 1.50 bits per heavy atom. The molecule has 1 rings (SSSR count). The van der Waals surface area contributed by atoms with Crippen LogP contribution in [0.4, 0.5) is 0 Å². The number of phenolic OH excluding ortho intramolecular Hbond substituents is 1. The van der Waals surface area contributed by atoms with Gasteiger partial charge in [-0.15, -0.1) is 6.58 Å². The first-order chi connectivity index (χ1) is 6.56. The second kappa shape index (κ2) is 4.26. The summed E-state index contributed by atoms with van der Waals surface area (Å²) >= 11 is 0. The Bertz CT molecular complexity index is 425. The van der Waals surface area contributed by atoms with Crippen molar-refractivity contribution in [1.82, 2.24) is 4.72 Å². The standard InChI is InChI=1S/C9H11NO3S/c1-2-6-10-14(12,13)9-5-3-4-8(11)7-9/h2-5,7,10-11H,1,6H2. The van der Waals surface area contributed by atoms with E-state index in [1.807, 2.05) is 0 Å². The van der Waals surface area contributed by atoms with E-state index in [-0.39, 0.29) is 17.2 Å². The summed E-state index contributed by atoms with van der Waals surface area (Å²) in [5.74, 6) is -0.0773. The van der Waals surface area contributed by atoms with Crippen LogP contribution in [0.5, 0.6) is 5.75 Å². The first-order valence-corrected chi connectivity index (χ1v) is 5.44. The van der Waals surface area contributed by atoms with Crippen molar-refractivity contribution in [2.75, 3.05) is 6.54 Å². The molecular formula is C9H11NO3S. The summed E-state index contributed by atoms with van der Waals surface area (Å²) < 4.78 is 25.2. The van der Waals surface area contributed by atoms with Crippen LogP contribution >= 0.6 is 0 Å². The van der Waals surface area contributed by atoms with E-state index in [0.717, 1.165) is 0 Å². The van der Waals surface area contributed by atoms with Crippen molar-refractivity contribution in [2.24, 2.45) is 0 Å². The van der Waals surface area contributed by atoms with Crippen molar-refractivity contribution in [3.05, 3.63) is 36.9 Å². The lowest BCUT2D eigenvalue weighted by Gasteiger charge is -2.04. The molecule has 0 aliphatic heterocycles. The van der Waals surface area contributed by atoms with Gasteiger partial charge in [-0.2, -0.15) is 0 Å². The maximum atomic E-state index is 11.5. The number of aromatic hydroxyl groups is 1. The average molecular weight is 213 g/mol. The predicted octanol–water partition coefficient (Wildman–Crippen LogP) is 0.857. The van der Waals surface area contributed by atoms with Crippen LogP contribution in [-0.2, 0) is 10.0 Å². The van der Waals surface area contributed by atoms with Gasteiger partial charge in [0.2, 0.25) is 10.0 Å². The van der Waals surface area contributed by atoms with Crippen molar-refractivity contribution in [3.63, 3.8) is 0 Å². The van der Waals surface area contributed by atoms with Crippen LogP contribution < -0.4 is 4.72 Å². The third-order valence-electron chi connectivity index (χ3n) is 1.55. The molecule has 5 heteroatoms. The summed E-state index contributed by atoms with van der Waals surface area (Å²) in [4.78, 5) is 0.0411. The second-order valence-corrected chi connectivity index (χ2v) is 4.40. The van der Waals surface area contributed by atoms with E-state index in [1.165, 1.54) is 30.3 Å². The number of hydrogen-bond acceptors (Lipinski definition) is 3. The number of benzene rings is 1. The molecule has 1 aromatic carbocycles. The van der Waals surface area contributed by atoms with Gasteiger partial charge in [-0.25, -0.2) is 13.1 Å². The quantitative estimate of drug-likeness (QED) is 0.729. The van der Waals surface area contributed by atoms with Gasteiger partial charge in [0, 0.05) is 6.54 Å². The van der Waals surface area contributed by atoms with E-state index in [2.05, 4.69) is 11.3 Å². The van der Waals surface area contributed by atoms with Crippen molar-refractivity contribution in [2.45, 2.75) is 4.90 Å². The number of rotatable bonds is 4. The number of phenols is 1. The van der Waals surface area contributed by atoms with Gasteiger partial charge in [-0.1, -0.05) is 12.1 Å². The zero-order valence-corrected chi connectivity index (χ0v) is 8.29. The molecule has 0 fully saturated rings. The molecular weight excluding hydrogens is 202 g/mol. The average Bonchev–Trinajstić information content (AvgIpc) is 2.15. The van der Waals surface area contributed by atoms with Gasteiger partial charge in [0.25, 0.3) is 0 Å². The molecule has 0 unspecified atom stereocenters. The van der Waals surface area contributed by atoms with Crippen LogP contribution in [0.2, 0.25) is 0 Å². The van der Waals surface area contributed by atoms with Crippen molar-refractivity contribution >= 4 is 10.0 Å². The van der Waals surface area contributed by atoms with E-state index in [1.54, 1.807) is 0 Å². The summed E-state index contributed by atoms with van der Waals surface area (Å²) in [6.45, 7) is 3.56. The van der Waals surface area contributed by atoms with Gasteiger partial charge in [0.15, 0.2) is 0 Å². The summed E-state index contributed by atoms with van der Waals surface area (Å²) in [6.07, 6.45) is 1.44. The summed E-state index contributed by atoms with van der Waals surface area (Å²) in [7, 11) is -3.53. The fraction of sp³-hybridized carbons (Fsp3) is 0.111. The van der Waals surface area contributed by atoms with E-state index in [9.17, 15) is 8.42 Å². The molecule has 0 bridgehead atoms. The van der Waals surface area contributed by atoms with Crippen molar-refractivity contribution < 1.29 is 13.5 Å².